The van der Waals surface area contributed by atoms with Crippen LogP contribution in [0.15, 0.2) is 4.99 Å². The molecule has 1 rings (SSSR count). The minimum Gasteiger partial charge on any atom is -0.444 e. The van der Waals surface area contributed by atoms with Crippen molar-refractivity contribution in [3.8, 4) is 0 Å². The molecule has 7 heteroatoms. The van der Waals surface area contributed by atoms with Gasteiger partial charge < -0.3 is 20.3 Å². The van der Waals surface area contributed by atoms with Gasteiger partial charge in [0.05, 0.1) is 0 Å². The Morgan fingerprint density at radius 2 is 1.61 bits per heavy atom. The van der Waals surface area contributed by atoms with Crippen LogP contribution in [-0.2, 0) is 4.74 Å². The summed E-state index contributed by atoms with van der Waals surface area (Å²) in [7, 11) is 0. The standard InChI is InChI=1S/C16H32N4O2.HI/c1-6-13(7-2)12-18-14(17)19-8-10-20(11-9-19)15(21)22-16(3,4)5;/h13H,6-12H2,1-5H3,(H2,17,18);1H. The molecule has 2 N–H and O–H groups in total. The number of halogens is 1. The Kier molecular flexibility index (Phi) is 9.88. The molecule has 1 amide bonds. The molecule has 0 saturated carbocycles. The molecule has 0 aromatic heterocycles. The fraction of sp³-hybridized carbons (Fsp3) is 0.875. The SMILES string of the molecule is CCC(CC)CN=C(N)N1CCN(C(=O)OC(C)(C)C)CC1.I. The zero-order chi connectivity index (χ0) is 16.8. The van der Waals surface area contributed by atoms with E-state index in [-0.39, 0.29) is 30.1 Å². The zero-order valence-corrected chi connectivity index (χ0v) is 17.5. The lowest BCUT2D eigenvalue weighted by Gasteiger charge is -2.36. The van der Waals surface area contributed by atoms with Crippen molar-refractivity contribution >= 4 is 36.0 Å². The van der Waals surface area contributed by atoms with Crippen LogP contribution in [0.1, 0.15) is 47.5 Å². The van der Waals surface area contributed by atoms with E-state index in [1.54, 1.807) is 4.90 Å². The lowest BCUT2D eigenvalue weighted by Crippen LogP contribution is -2.53. The van der Waals surface area contributed by atoms with E-state index in [0.29, 0.717) is 38.1 Å². The van der Waals surface area contributed by atoms with E-state index in [1.165, 1.54) is 0 Å². The van der Waals surface area contributed by atoms with Gasteiger partial charge in [-0.1, -0.05) is 26.7 Å². The van der Waals surface area contributed by atoms with Crippen LogP contribution in [0.2, 0.25) is 0 Å². The predicted octanol–water partition coefficient (Wildman–Crippen LogP) is 2.91. The van der Waals surface area contributed by atoms with Gasteiger partial charge in [-0.15, -0.1) is 24.0 Å². The minimum atomic E-state index is -0.454. The highest BCUT2D eigenvalue weighted by Crippen LogP contribution is 2.12. The molecule has 1 heterocycles. The van der Waals surface area contributed by atoms with Crippen molar-refractivity contribution in [1.82, 2.24) is 9.80 Å². The van der Waals surface area contributed by atoms with Crippen LogP contribution in [0.3, 0.4) is 0 Å². The summed E-state index contributed by atoms with van der Waals surface area (Å²) in [6.07, 6.45) is 2.00. The number of piperazine rings is 1. The zero-order valence-electron chi connectivity index (χ0n) is 15.2. The van der Waals surface area contributed by atoms with Gasteiger partial charge in [0.2, 0.25) is 0 Å². The van der Waals surface area contributed by atoms with Gasteiger partial charge >= 0.3 is 6.09 Å². The first kappa shape index (κ1) is 22.3. The second-order valence-electron chi connectivity index (χ2n) is 6.84. The van der Waals surface area contributed by atoms with E-state index in [2.05, 4.69) is 18.8 Å². The maximum atomic E-state index is 12.0. The van der Waals surface area contributed by atoms with Crippen LogP contribution >= 0.6 is 24.0 Å². The molecule has 0 atom stereocenters. The lowest BCUT2D eigenvalue weighted by atomic mass is 10.0. The second-order valence-corrected chi connectivity index (χ2v) is 6.84. The van der Waals surface area contributed by atoms with Crippen molar-refractivity contribution in [1.29, 1.82) is 0 Å². The molecular weight excluding hydrogens is 407 g/mol. The molecule has 1 aliphatic heterocycles. The number of ether oxygens (including phenoxy) is 1. The number of guanidine groups is 1. The number of hydrogen-bond donors (Lipinski definition) is 1. The summed E-state index contributed by atoms with van der Waals surface area (Å²) < 4.78 is 5.39. The fourth-order valence-corrected chi connectivity index (χ4v) is 2.31. The van der Waals surface area contributed by atoms with E-state index >= 15 is 0 Å². The van der Waals surface area contributed by atoms with Crippen molar-refractivity contribution in [3.63, 3.8) is 0 Å². The maximum absolute atomic E-state index is 12.0. The quantitative estimate of drug-likeness (QED) is 0.415. The van der Waals surface area contributed by atoms with Gasteiger partial charge in [0.1, 0.15) is 5.60 Å². The molecule has 0 bridgehead atoms. The summed E-state index contributed by atoms with van der Waals surface area (Å²) in [5, 5.41) is 0. The van der Waals surface area contributed by atoms with Crippen molar-refractivity contribution < 1.29 is 9.53 Å². The van der Waals surface area contributed by atoms with Crippen LogP contribution in [0.25, 0.3) is 0 Å². The highest BCUT2D eigenvalue weighted by atomic mass is 127. The Bertz CT molecular complexity index is 384. The van der Waals surface area contributed by atoms with Gasteiger partial charge in [0.15, 0.2) is 5.96 Å². The van der Waals surface area contributed by atoms with Crippen molar-refractivity contribution in [2.75, 3.05) is 32.7 Å². The molecule has 0 aromatic rings. The van der Waals surface area contributed by atoms with Gasteiger partial charge in [-0.2, -0.15) is 0 Å². The van der Waals surface area contributed by atoms with Gasteiger partial charge in [-0.3, -0.25) is 4.99 Å². The van der Waals surface area contributed by atoms with Crippen LogP contribution < -0.4 is 5.73 Å². The molecule has 136 valence electrons. The number of hydrogen-bond acceptors (Lipinski definition) is 3. The van der Waals surface area contributed by atoms with E-state index in [0.717, 1.165) is 19.4 Å². The van der Waals surface area contributed by atoms with Crippen LogP contribution in [0, 0.1) is 5.92 Å². The van der Waals surface area contributed by atoms with E-state index in [4.69, 9.17) is 10.5 Å². The molecule has 0 radical (unpaired) electrons. The summed E-state index contributed by atoms with van der Waals surface area (Å²) in [6, 6.07) is 0. The summed E-state index contributed by atoms with van der Waals surface area (Å²) in [5.41, 5.74) is 5.62. The molecule has 0 spiro atoms. The monoisotopic (exact) mass is 440 g/mol. The average Bonchev–Trinajstić information content (AvgIpc) is 2.46. The van der Waals surface area contributed by atoms with Gasteiger partial charge in [-0.05, 0) is 26.7 Å². The third-order valence-corrected chi connectivity index (χ3v) is 3.92. The Labute approximate surface area is 157 Å². The van der Waals surface area contributed by atoms with E-state index in [9.17, 15) is 4.79 Å². The molecule has 1 aliphatic rings. The molecule has 0 unspecified atom stereocenters. The summed E-state index contributed by atoms with van der Waals surface area (Å²) in [4.78, 5) is 20.3. The normalized spacial score (nSPS) is 16.3. The van der Waals surface area contributed by atoms with Gasteiger partial charge in [-0.25, -0.2) is 4.79 Å². The minimum absolute atomic E-state index is 0. The first-order valence-corrected chi connectivity index (χ1v) is 8.29. The van der Waals surface area contributed by atoms with E-state index in [1.807, 2.05) is 25.7 Å². The molecule has 23 heavy (non-hydrogen) atoms. The smallest absolute Gasteiger partial charge is 0.410 e. The lowest BCUT2D eigenvalue weighted by molar-refractivity contribution is 0.0186. The molecule has 1 saturated heterocycles. The largest absolute Gasteiger partial charge is 0.444 e. The molecule has 0 aromatic carbocycles. The number of nitrogens with two attached hydrogens (primary N) is 1. The average molecular weight is 440 g/mol. The highest BCUT2D eigenvalue weighted by molar-refractivity contribution is 14.0. The van der Waals surface area contributed by atoms with Crippen LogP contribution in [0.5, 0.6) is 0 Å². The van der Waals surface area contributed by atoms with Gasteiger partial charge in [0, 0.05) is 32.7 Å². The summed E-state index contributed by atoms with van der Waals surface area (Å²) in [5.74, 6) is 1.19. The highest BCUT2D eigenvalue weighted by Gasteiger charge is 2.26. The van der Waals surface area contributed by atoms with Crippen molar-refractivity contribution in [3.05, 3.63) is 0 Å². The maximum Gasteiger partial charge on any atom is 0.410 e. The third-order valence-electron chi connectivity index (χ3n) is 3.92. The number of carbonyl (C=O) groups is 1. The number of amides is 1. The Balaban J connectivity index is 0.00000484. The van der Waals surface area contributed by atoms with Crippen LogP contribution in [0.4, 0.5) is 4.79 Å². The second kappa shape index (κ2) is 10.2. The Hall–Kier alpha value is -0.730. The number of rotatable bonds is 4. The van der Waals surface area contributed by atoms with Crippen molar-refractivity contribution in [2.45, 2.75) is 53.1 Å². The van der Waals surface area contributed by atoms with Gasteiger partial charge in [0.25, 0.3) is 0 Å². The number of nitrogens with zero attached hydrogens (tertiary/aromatic N) is 3. The van der Waals surface area contributed by atoms with Crippen LogP contribution in [-0.4, -0.2) is 60.2 Å². The molecule has 6 nitrogen and oxygen atoms in total. The summed E-state index contributed by atoms with van der Waals surface area (Å²) in [6.45, 7) is 13.4. The Morgan fingerprint density at radius 1 is 1.13 bits per heavy atom. The molecular formula is C16H33IN4O2. The predicted molar refractivity (Wildman–Crippen MR) is 105 cm³/mol. The first-order chi connectivity index (χ1) is 10.3. The number of aliphatic imine (C=N–C) groups is 1. The Morgan fingerprint density at radius 3 is 2.04 bits per heavy atom. The fourth-order valence-electron chi connectivity index (χ4n) is 2.31. The molecule has 0 aliphatic carbocycles. The van der Waals surface area contributed by atoms with Crippen molar-refractivity contribution in [2.24, 2.45) is 16.6 Å². The summed E-state index contributed by atoms with van der Waals surface area (Å²) >= 11 is 0. The van der Waals surface area contributed by atoms with E-state index < -0.39 is 5.60 Å². The number of carbonyl (C=O) groups excluding carboxylic acids is 1. The first-order valence-electron chi connectivity index (χ1n) is 8.29. The third kappa shape index (κ3) is 8.08. The molecule has 1 fully saturated rings. The topological polar surface area (TPSA) is 71.2 Å².